The van der Waals surface area contributed by atoms with Crippen molar-refractivity contribution in [3.05, 3.63) is 72.6 Å². The van der Waals surface area contributed by atoms with Gasteiger partial charge < -0.3 is 30.5 Å². The fourth-order valence-corrected chi connectivity index (χ4v) is 4.02. The number of hydrogen-bond acceptors (Lipinski definition) is 8. The molecule has 0 spiro atoms. The van der Waals surface area contributed by atoms with E-state index in [2.05, 4.69) is 15.6 Å². The van der Waals surface area contributed by atoms with Crippen LogP contribution in [0.5, 0.6) is 0 Å². The molecule has 0 saturated carbocycles. The summed E-state index contributed by atoms with van der Waals surface area (Å²) in [5, 5.41) is 51.5. The molecule has 0 radical (unpaired) electrons. The van der Waals surface area contributed by atoms with Crippen molar-refractivity contribution < 1.29 is 34.8 Å². The third kappa shape index (κ3) is 5.60. The Morgan fingerprint density at radius 2 is 1.69 bits per heavy atom. The van der Waals surface area contributed by atoms with Gasteiger partial charge in [-0.25, -0.2) is 9.48 Å². The molecule has 1 aliphatic rings. The lowest BCUT2D eigenvalue weighted by atomic mass is 9.93. The van der Waals surface area contributed by atoms with E-state index in [1.54, 1.807) is 6.20 Å². The van der Waals surface area contributed by atoms with Crippen LogP contribution in [-0.2, 0) is 20.9 Å². The van der Waals surface area contributed by atoms with E-state index >= 15 is 0 Å². The van der Waals surface area contributed by atoms with E-state index in [-0.39, 0.29) is 6.54 Å². The van der Waals surface area contributed by atoms with Crippen molar-refractivity contribution in [3.8, 4) is 22.4 Å². The SMILES string of the molecule is CC(=O)N[C@H]1[C@H]([C@H](O)[C@H](O)Cn2cc(-c3ccc(-c4ccccc4)cc3)nn2)OC(C(=O)O)=C[C@@H]1O. The van der Waals surface area contributed by atoms with Gasteiger partial charge >= 0.3 is 5.97 Å². The number of nitrogens with one attached hydrogen (secondary N) is 1. The van der Waals surface area contributed by atoms with E-state index in [4.69, 9.17) is 4.74 Å². The van der Waals surface area contributed by atoms with Crippen LogP contribution >= 0.6 is 0 Å². The predicted octanol–water partition coefficient (Wildman–Crippen LogP) is 0.567. The van der Waals surface area contributed by atoms with E-state index in [0.717, 1.165) is 22.8 Å². The van der Waals surface area contributed by atoms with Gasteiger partial charge in [-0.15, -0.1) is 5.10 Å². The van der Waals surface area contributed by atoms with Gasteiger partial charge in [0, 0.05) is 12.5 Å². The van der Waals surface area contributed by atoms with Crippen molar-refractivity contribution in [2.45, 2.75) is 43.9 Å². The molecule has 36 heavy (non-hydrogen) atoms. The lowest BCUT2D eigenvalue weighted by Crippen LogP contribution is -2.59. The highest BCUT2D eigenvalue weighted by atomic mass is 16.5. The zero-order chi connectivity index (χ0) is 25.8. The fraction of sp³-hybridized carbons (Fsp3) is 0.280. The lowest BCUT2D eigenvalue weighted by molar-refractivity contribution is -0.148. The van der Waals surface area contributed by atoms with Crippen molar-refractivity contribution in [2.24, 2.45) is 0 Å². The van der Waals surface area contributed by atoms with Gasteiger partial charge in [-0.2, -0.15) is 0 Å². The van der Waals surface area contributed by atoms with Gasteiger partial charge in [0.25, 0.3) is 0 Å². The molecule has 2 heterocycles. The summed E-state index contributed by atoms with van der Waals surface area (Å²) < 4.78 is 6.63. The predicted molar refractivity (Wildman–Crippen MR) is 127 cm³/mol. The van der Waals surface area contributed by atoms with E-state index in [9.17, 15) is 30.0 Å². The zero-order valence-corrected chi connectivity index (χ0v) is 19.3. The summed E-state index contributed by atoms with van der Waals surface area (Å²) in [7, 11) is 0. The highest BCUT2D eigenvalue weighted by molar-refractivity contribution is 5.84. The Morgan fingerprint density at radius 1 is 1.06 bits per heavy atom. The Labute approximate surface area is 206 Å². The number of carboxylic acids is 1. The minimum atomic E-state index is -1.67. The van der Waals surface area contributed by atoms with E-state index in [1.165, 1.54) is 11.6 Å². The highest BCUT2D eigenvalue weighted by Crippen LogP contribution is 2.25. The first kappa shape index (κ1) is 25.0. The van der Waals surface area contributed by atoms with E-state index in [0.29, 0.717) is 5.69 Å². The lowest BCUT2D eigenvalue weighted by Gasteiger charge is -2.38. The van der Waals surface area contributed by atoms with Crippen molar-refractivity contribution >= 4 is 11.9 Å². The maximum atomic E-state index is 11.6. The van der Waals surface area contributed by atoms with Crippen LogP contribution in [0.3, 0.4) is 0 Å². The Morgan fingerprint density at radius 3 is 2.33 bits per heavy atom. The van der Waals surface area contributed by atoms with Crippen LogP contribution in [0.25, 0.3) is 22.4 Å². The summed E-state index contributed by atoms with van der Waals surface area (Å²) in [5.74, 6) is -2.58. The first-order valence-electron chi connectivity index (χ1n) is 11.2. The van der Waals surface area contributed by atoms with Gasteiger partial charge in [0.2, 0.25) is 11.7 Å². The van der Waals surface area contributed by atoms with Crippen LogP contribution in [0.1, 0.15) is 6.92 Å². The molecule has 3 aromatic rings. The quantitative estimate of drug-likeness (QED) is 0.301. The minimum Gasteiger partial charge on any atom is -0.478 e. The minimum absolute atomic E-state index is 0.203. The van der Waals surface area contributed by atoms with Crippen molar-refractivity contribution in [2.75, 3.05) is 0 Å². The van der Waals surface area contributed by atoms with Crippen LogP contribution in [0.2, 0.25) is 0 Å². The fourth-order valence-electron chi connectivity index (χ4n) is 4.02. The number of carboxylic acid groups (broad SMARTS) is 1. The van der Waals surface area contributed by atoms with Crippen LogP contribution in [0.15, 0.2) is 72.6 Å². The van der Waals surface area contributed by atoms with Crippen molar-refractivity contribution in [1.82, 2.24) is 20.3 Å². The van der Waals surface area contributed by atoms with Gasteiger partial charge in [0.15, 0.2) is 6.10 Å². The van der Waals surface area contributed by atoms with E-state index < -0.39 is 48.1 Å². The number of aromatic nitrogens is 3. The number of ether oxygens (including phenoxy) is 1. The molecule has 1 aromatic heterocycles. The van der Waals surface area contributed by atoms with E-state index in [1.807, 2.05) is 54.6 Å². The van der Waals surface area contributed by atoms with Crippen LogP contribution in [-0.4, -0.2) is 77.8 Å². The van der Waals surface area contributed by atoms with Crippen molar-refractivity contribution in [3.63, 3.8) is 0 Å². The van der Waals surface area contributed by atoms with Gasteiger partial charge in [0.05, 0.1) is 18.8 Å². The molecule has 0 fully saturated rings. The number of nitrogens with zero attached hydrogens (tertiary/aromatic N) is 3. The molecule has 0 aliphatic carbocycles. The number of hydrogen-bond donors (Lipinski definition) is 5. The second-order valence-corrected chi connectivity index (χ2v) is 8.46. The van der Waals surface area contributed by atoms with Gasteiger partial charge in [-0.1, -0.05) is 59.8 Å². The molecule has 1 amide bonds. The average molecular weight is 495 g/mol. The number of benzene rings is 2. The molecule has 11 nitrogen and oxygen atoms in total. The first-order chi connectivity index (χ1) is 17.2. The molecule has 188 valence electrons. The average Bonchev–Trinajstić information content (AvgIpc) is 3.33. The van der Waals surface area contributed by atoms with Crippen LogP contribution < -0.4 is 5.32 Å². The smallest absolute Gasteiger partial charge is 0.370 e. The number of aliphatic hydroxyl groups excluding tert-OH is 3. The normalized spacial score (nSPS) is 21.1. The molecule has 0 unspecified atom stereocenters. The molecule has 11 heteroatoms. The maximum absolute atomic E-state index is 11.6. The number of carbonyl (C=O) groups is 2. The summed E-state index contributed by atoms with van der Waals surface area (Å²) in [6.07, 6.45) is -3.51. The number of aliphatic hydroxyl groups is 3. The molecular weight excluding hydrogens is 468 g/mol. The molecule has 2 aromatic carbocycles. The first-order valence-corrected chi connectivity index (χ1v) is 11.2. The highest BCUT2D eigenvalue weighted by Gasteiger charge is 2.43. The Bertz CT molecular complexity index is 1240. The largest absolute Gasteiger partial charge is 0.478 e. The monoisotopic (exact) mass is 494 g/mol. The number of amides is 1. The molecule has 0 saturated heterocycles. The standard InChI is InChI=1S/C25H26N4O7/c1-14(30)26-22-19(31)11-21(25(34)35)36-24(22)23(33)20(32)13-29-12-18(27-28-29)17-9-7-16(8-10-17)15-5-3-2-4-6-15/h2-12,19-20,22-24,31-33H,13H2,1H3,(H,26,30)(H,34,35)/t19-,20+,22+,23+,24+/m0/s1. The molecular formula is C25H26N4O7. The number of aliphatic carboxylic acids is 1. The molecule has 5 N–H and O–H groups in total. The van der Waals surface area contributed by atoms with Gasteiger partial charge in [0.1, 0.15) is 24.0 Å². The third-order valence-corrected chi connectivity index (χ3v) is 5.82. The second kappa shape index (κ2) is 10.7. The van der Waals surface area contributed by atoms with Gasteiger partial charge in [-0.3, -0.25) is 4.79 Å². The Balaban J connectivity index is 1.46. The van der Waals surface area contributed by atoms with Crippen LogP contribution in [0, 0.1) is 0 Å². The number of carbonyl (C=O) groups excluding carboxylic acids is 1. The summed E-state index contributed by atoms with van der Waals surface area (Å²) in [4.78, 5) is 22.9. The summed E-state index contributed by atoms with van der Waals surface area (Å²) >= 11 is 0. The Hall–Kier alpha value is -4.06. The Kier molecular flexibility index (Phi) is 7.44. The molecule has 5 atom stereocenters. The topological polar surface area (TPSA) is 167 Å². The summed E-state index contributed by atoms with van der Waals surface area (Å²) in [6, 6.07) is 16.4. The summed E-state index contributed by atoms with van der Waals surface area (Å²) in [6.45, 7) is 0.997. The van der Waals surface area contributed by atoms with Crippen LogP contribution in [0.4, 0.5) is 0 Å². The third-order valence-electron chi connectivity index (χ3n) is 5.82. The molecule has 0 bridgehead atoms. The second-order valence-electron chi connectivity index (χ2n) is 8.46. The zero-order valence-electron chi connectivity index (χ0n) is 19.3. The number of rotatable bonds is 8. The summed E-state index contributed by atoms with van der Waals surface area (Å²) in [5.41, 5.74) is 3.48. The molecule has 4 rings (SSSR count). The van der Waals surface area contributed by atoms with Gasteiger partial charge in [-0.05, 0) is 17.2 Å². The maximum Gasteiger partial charge on any atom is 0.370 e. The van der Waals surface area contributed by atoms with Crippen molar-refractivity contribution in [1.29, 1.82) is 0 Å². The molecule has 1 aliphatic heterocycles.